The largest absolute Gasteiger partial charge is 0.369 e. The van der Waals surface area contributed by atoms with Crippen LogP contribution in [0, 0.1) is 5.41 Å². The second-order valence-corrected chi connectivity index (χ2v) is 8.13. The summed E-state index contributed by atoms with van der Waals surface area (Å²) in [6, 6.07) is 0. The van der Waals surface area contributed by atoms with Crippen LogP contribution in [0.25, 0.3) is 0 Å². The highest BCUT2D eigenvalue weighted by Crippen LogP contribution is 2.35. The predicted molar refractivity (Wildman–Crippen MR) is 116 cm³/mol. The normalized spacial score (nSPS) is 12.1. The maximum atomic E-state index is 12.0. The molecular formula is C24H47NO. The van der Waals surface area contributed by atoms with Crippen LogP contribution >= 0.6 is 0 Å². The molecule has 0 fully saturated rings. The van der Waals surface area contributed by atoms with Gasteiger partial charge in [-0.25, -0.2) is 0 Å². The van der Waals surface area contributed by atoms with Crippen molar-refractivity contribution in [3.63, 3.8) is 0 Å². The number of unbranched alkanes of at least 4 members (excludes halogenated alkanes) is 10. The molecule has 0 heterocycles. The minimum atomic E-state index is -0.236. The molecule has 0 aliphatic rings. The number of carbonyl (C=O) groups is 1. The Bertz CT molecular complexity index is 342. The molecule has 0 atom stereocenters. The van der Waals surface area contributed by atoms with E-state index in [4.69, 9.17) is 5.73 Å². The summed E-state index contributed by atoms with van der Waals surface area (Å²) < 4.78 is 0. The Morgan fingerprint density at radius 3 is 1.58 bits per heavy atom. The van der Waals surface area contributed by atoms with Crippen molar-refractivity contribution in [2.24, 2.45) is 11.1 Å². The molecule has 0 aliphatic heterocycles. The average molecular weight is 366 g/mol. The summed E-state index contributed by atoms with van der Waals surface area (Å²) in [5.74, 6) is -0.0705. The second-order valence-electron chi connectivity index (χ2n) is 8.13. The van der Waals surface area contributed by atoms with E-state index >= 15 is 0 Å². The molecule has 0 unspecified atom stereocenters. The lowest BCUT2D eigenvalue weighted by Crippen LogP contribution is -2.37. The molecule has 0 spiro atoms. The van der Waals surface area contributed by atoms with E-state index in [1.807, 2.05) is 0 Å². The minimum absolute atomic E-state index is 0.0705. The first-order valence-electron chi connectivity index (χ1n) is 11.6. The quantitative estimate of drug-likeness (QED) is 0.185. The van der Waals surface area contributed by atoms with Crippen molar-refractivity contribution in [3.8, 4) is 0 Å². The van der Waals surface area contributed by atoms with E-state index < -0.39 is 0 Å². The Hall–Kier alpha value is -0.790. The lowest BCUT2D eigenvalue weighted by Gasteiger charge is -2.30. The number of hydrogen-bond acceptors (Lipinski definition) is 1. The van der Waals surface area contributed by atoms with Crippen molar-refractivity contribution in [2.45, 2.75) is 130 Å². The number of amides is 1. The van der Waals surface area contributed by atoms with E-state index in [2.05, 4.69) is 32.9 Å². The van der Waals surface area contributed by atoms with Crippen LogP contribution in [0.5, 0.6) is 0 Å². The minimum Gasteiger partial charge on any atom is -0.369 e. The number of primary amides is 1. The Morgan fingerprint density at radius 2 is 1.12 bits per heavy atom. The van der Waals surface area contributed by atoms with Crippen LogP contribution in [0.15, 0.2) is 12.2 Å². The van der Waals surface area contributed by atoms with Crippen LogP contribution in [-0.2, 0) is 4.79 Å². The first-order chi connectivity index (χ1) is 12.6. The number of carbonyl (C=O) groups excluding carboxylic acids is 1. The van der Waals surface area contributed by atoms with Gasteiger partial charge >= 0.3 is 0 Å². The van der Waals surface area contributed by atoms with Gasteiger partial charge in [-0.05, 0) is 44.9 Å². The Labute approximate surface area is 164 Å². The van der Waals surface area contributed by atoms with Gasteiger partial charge in [0.05, 0.1) is 0 Å². The van der Waals surface area contributed by atoms with Crippen LogP contribution in [-0.4, -0.2) is 5.91 Å². The number of allylic oxidation sites excluding steroid dienone is 2. The number of hydrogen-bond donors (Lipinski definition) is 1. The van der Waals surface area contributed by atoms with Crippen molar-refractivity contribution in [3.05, 3.63) is 12.2 Å². The van der Waals surface area contributed by atoms with Gasteiger partial charge in [-0.3, -0.25) is 4.79 Å². The Kier molecular flexibility index (Phi) is 17.1. The average Bonchev–Trinajstić information content (AvgIpc) is 2.62. The molecule has 2 nitrogen and oxygen atoms in total. The van der Waals surface area contributed by atoms with Gasteiger partial charge in [-0.1, -0.05) is 97.1 Å². The summed E-state index contributed by atoms with van der Waals surface area (Å²) in [4.78, 5) is 12.0. The van der Waals surface area contributed by atoms with Gasteiger partial charge in [0, 0.05) is 5.41 Å². The van der Waals surface area contributed by atoms with Crippen molar-refractivity contribution in [1.29, 1.82) is 0 Å². The predicted octanol–water partition coefficient (Wildman–Crippen LogP) is 7.71. The molecule has 0 radical (unpaired) electrons. The molecule has 26 heavy (non-hydrogen) atoms. The Morgan fingerprint density at radius 1 is 0.654 bits per heavy atom. The smallest absolute Gasteiger partial charge is 0.223 e. The van der Waals surface area contributed by atoms with Crippen molar-refractivity contribution in [1.82, 2.24) is 0 Å². The van der Waals surface area contributed by atoms with E-state index in [0.29, 0.717) is 0 Å². The van der Waals surface area contributed by atoms with Crippen molar-refractivity contribution < 1.29 is 4.79 Å². The van der Waals surface area contributed by atoms with E-state index in [-0.39, 0.29) is 11.3 Å². The highest BCUT2D eigenvalue weighted by Gasteiger charge is 2.33. The van der Waals surface area contributed by atoms with Crippen LogP contribution in [0.2, 0.25) is 0 Å². The zero-order valence-corrected chi connectivity index (χ0v) is 18.2. The monoisotopic (exact) mass is 365 g/mol. The maximum absolute atomic E-state index is 12.0. The van der Waals surface area contributed by atoms with E-state index in [0.717, 1.165) is 38.5 Å². The molecule has 2 N–H and O–H groups in total. The van der Waals surface area contributed by atoms with Gasteiger partial charge in [0.2, 0.25) is 5.91 Å². The summed E-state index contributed by atoms with van der Waals surface area (Å²) in [6.45, 7) is 6.59. The van der Waals surface area contributed by atoms with Gasteiger partial charge in [-0.15, -0.1) is 0 Å². The molecule has 0 aromatic rings. The van der Waals surface area contributed by atoms with E-state index in [1.165, 1.54) is 70.6 Å². The molecule has 0 aromatic carbocycles. The van der Waals surface area contributed by atoms with Gasteiger partial charge in [-0.2, -0.15) is 0 Å². The zero-order chi connectivity index (χ0) is 19.5. The molecule has 0 saturated heterocycles. The zero-order valence-electron chi connectivity index (χ0n) is 18.2. The molecule has 0 aliphatic carbocycles. The number of rotatable bonds is 19. The summed E-state index contributed by atoms with van der Waals surface area (Å²) in [6.07, 6.45) is 25.4. The fraction of sp³-hybridized carbons (Fsp3) is 0.875. The molecule has 2 heteroatoms. The lowest BCUT2D eigenvalue weighted by atomic mass is 9.74. The standard InChI is InChI=1S/C24H47NO/c1-4-7-8-9-10-11-12-13-14-15-16-17-18-19-22-24(20-5-2,21-6-3)23(25)26/h13-14H,4-12,15-22H2,1-3H3,(H2,25,26). The molecule has 0 saturated carbocycles. The van der Waals surface area contributed by atoms with Gasteiger partial charge in [0.15, 0.2) is 0 Å². The third kappa shape index (κ3) is 12.5. The van der Waals surface area contributed by atoms with Crippen LogP contribution < -0.4 is 5.73 Å². The van der Waals surface area contributed by atoms with Gasteiger partial charge < -0.3 is 5.73 Å². The molecule has 0 bridgehead atoms. The first kappa shape index (κ1) is 25.2. The third-order valence-corrected chi connectivity index (χ3v) is 5.65. The summed E-state index contributed by atoms with van der Waals surface area (Å²) in [5.41, 5.74) is 5.51. The molecule has 0 rings (SSSR count). The highest BCUT2D eigenvalue weighted by atomic mass is 16.1. The SMILES string of the molecule is CCCCCCCCC=CCCCCCCC(CCC)(CCC)C(N)=O. The molecule has 1 amide bonds. The summed E-state index contributed by atoms with van der Waals surface area (Å²) in [7, 11) is 0. The second kappa shape index (κ2) is 17.6. The van der Waals surface area contributed by atoms with Crippen molar-refractivity contribution >= 4 is 5.91 Å². The summed E-state index contributed by atoms with van der Waals surface area (Å²) in [5, 5.41) is 0. The highest BCUT2D eigenvalue weighted by molar-refractivity contribution is 5.80. The number of nitrogens with two attached hydrogens (primary N) is 1. The van der Waals surface area contributed by atoms with E-state index in [9.17, 15) is 4.79 Å². The maximum Gasteiger partial charge on any atom is 0.223 e. The fourth-order valence-electron chi connectivity index (χ4n) is 4.06. The lowest BCUT2D eigenvalue weighted by molar-refractivity contribution is -0.129. The van der Waals surface area contributed by atoms with E-state index in [1.54, 1.807) is 0 Å². The topological polar surface area (TPSA) is 43.1 Å². The molecule has 154 valence electrons. The summed E-state index contributed by atoms with van der Waals surface area (Å²) >= 11 is 0. The molecule has 0 aromatic heterocycles. The van der Waals surface area contributed by atoms with Gasteiger partial charge in [0.25, 0.3) is 0 Å². The fourth-order valence-corrected chi connectivity index (χ4v) is 4.06. The van der Waals surface area contributed by atoms with Crippen LogP contribution in [0.4, 0.5) is 0 Å². The molecular weight excluding hydrogens is 318 g/mol. The van der Waals surface area contributed by atoms with Crippen LogP contribution in [0.1, 0.15) is 130 Å². The van der Waals surface area contributed by atoms with Gasteiger partial charge in [0.1, 0.15) is 0 Å². The van der Waals surface area contributed by atoms with Crippen LogP contribution in [0.3, 0.4) is 0 Å². The Balaban J connectivity index is 3.69. The van der Waals surface area contributed by atoms with Crippen molar-refractivity contribution in [2.75, 3.05) is 0 Å². The first-order valence-corrected chi connectivity index (χ1v) is 11.6. The third-order valence-electron chi connectivity index (χ3n) is 5.65.